The molecule has 0 aliphatic rings. The molecule has 0 bridgehead atoms. The fraction of sp³-hybridized carbons (Fsp3) is 0.462. The number of rotatable bonds is 6. The van der Waals surface area contributed by atoms with Crippen molar-refractivity contribution in [3.63, 3.8) is 0 Å². The lowest BCUT2D eigenvalue weighted by Gasteiger charge is -2.22. The number of carboxylic acid groups (broad SMARTS) is 1. The van der Waals surface area contributed by atoms with Gasteiger partial charge in [0, 0.05) is 13.1 Å². The van der Waals surface area contributed by atoms with Crippen molar-refractivity contribution < 1.29 is 23.1 Å². The van der Waals surface area contributed by atoms with Crippen LogP contribution in [0.15, 0.2) is 23.1 Å². The summed E-state index contributed by atoms with van der Waals surface area (Å²) >= 11 is 0. The third-order valence-electron chi connectivity index (χ3n) is 2.99. The number of methoxy groups -OCH3 is 1. The maximum atomic E-state index is 12.5. The Kier molecular flexibility index (Phi) is 5.13. The molecule has 0 spiro atoms. The molecule has 0 atom stereocenters. The van der Waals surface area contributed by atoms with Crippen molar-refractivity contribution in [2.45, 2.75) is 31.2 Å². The van der Waals surface area contributed by atoms with E-state index < -0.39 is 16.0 Å². The fourth-order valence-corrected chi connectivity index (χ4v) is 3.24. The lowest BCUT2D eigenvalue weighted by atomic mass is 10.1. The summed E-state index contributed by atoms with van der Waals surface area (Å²) in [4.78, 5) is 10.9. The summed E-state index contributed by atoms with van der Waals surface area (Å²) in [5.41, 5.74) is 0.212. The first-order valence-corrected chi connectivity index (χ1v) is 7.51. The van der Waals surface area contributed by atoms with E-state index in [1.807, 2.05) is 0 Å². The van der Waals surface area contributed by atoms with E-state index in [1.54, 1.807) is 13.8 Å². The molecule has 20 heavy (non-hydrogen) atoms. The summed E-state index contributed by atoms with van der Waals surface area (Å²) < 4.78 is 31.2. The van der Waals surface area contributed by atoms with E-state index in [0.29, 0.717) is 5.75 Å². The smallest absolute Gasteiger partial charge is 0.307 e. The zero-order valence-electron chi connectivity index (χ0n) is 12.0. The summed E-state index contributed by atoms with van der Waals surface area (Å²) in [6.07, 6.45) is -0.377. The number of hydrogen-bond acceptors (Lipinski definition) is 4. The lowest BCUT2D eigenvalue weighted by molar-refractivity contribution is -0.136. The molecule has 112 valence electrons. The monoisotopic (exact) mass is 301 g/mol. The second-order valence-electron chi connectivity index (χ2n) is 4.66. The normalized spacial score (nSPS) is 11.9. The number of carboxylic acids is 1. The molecule has 0 saturated heterocycles. The molecule has 0 saturated carbocycles. The lowest BCUT2D eigenvalue weighted by Crippen LogP contribution is -2.33. The number of nitrogens with zero attached hydrogens (tertiary/aromatic N) is 1. The summed E-state index contributed by atoms with van der Waals surface area (Å²) in [5.74, 6) is -0.672. The fourth-order valence-electron chi connectivity index (χ4n) is 1.67. The standard InChI is InChI=1S/C13H19NO5S/c1-9(2)14(3)20(17,18)12-6-5-11(19-4)7-10(12)8-13(15)16/h5-7,9H,8H2,1-4H3,(H,15,16). The van der Waals surface area contributed by atoms with Gasteiger partial charge in [0.15, 0.2) is 0 Å². The molecular weight excluding hydrogens is 282 g/mol. The second kappa shape index (κ2) is 6.23. The molecule has 0 heterocycles. The molecule has 0 unspecified atom stereocenters. The molecular formula is C13H19NO5S. The SMILES string of the molecule is COc1ccc(S(=O)(=O)N(C)C(C)C)c(CC(=O)O)c1. The topological polar surface area (TPSA) is 83.9 Å². The Hall–Kier alpha value is -1.60. The Morgan fingerprint density at radius 3 is 2.45 bits per heavy atom. The number of ether oxygens (including phenoxy) is 1. The minimum atomic E-state index is -3.73. The highest BCUT2D eigenvalue weighted by atomic mass is 32.2. The van der Waals surface area contributed by atoms with Gasteiger partial charge in [-0.2, -0.15) is 4.31 Å². The number of carbonyl (C=O) groups is 1. The van der Waals surface area contributed by atoms with Crippen LogP contribution in [-0.2, 0) is 21.2 Å². The second-order valence-corrected chi connectivity index (χ2v) is 6.63. The van der Waals surface area contributed by atoms with Crippen LogP contribution in [0.3, 0.4) is 0 Å². The van der Waals surface area contributed by atoms with Crippen LogP contribution in [0.25, 0.3) is 0 Å². The highest BCUT2D eigenvalue weighted by molar-refractivity contribution is 7.89. The van der Waals surface area contributed by atoms with Gasteiger partial charge in [-0.1, -0.05) is 0 Å². The van der Waals surface area contributed by atoms with Crippen molar-refractivity contribution in [1.82, 2.24) is 4.31 Å². The van der Waals surface area contributed by atoms with Gasteiger partial charge < -0.3 is 9.84 Å². The predicted molar refractivity (Wildman–Crippen MR) is 74.4 cm³/mol. The van der Waals surface area contributed by atoms with Crippen LogP contribution < -0.4 is 4.74 Å². The zero-order chi connectivity index (χ0) is 15.5. The molecule has 1 aromatic rings. The van der Waals surface area contributed by atoms with Crippen LogP contribution in [-0.4, -0.2) is 44.0 Å². The molecule has 0 aliphatic carbocycles. The van der Waals surface area contributed by atoms with Gasteiger partial charge in [-0.05, 0) is 37.6 Å². The van der Waals surface area contributed by atoms with Crippen LogP contribution in [0.2, 0.25) is 0 Å². The van der Waals surface area contributed by atoms with E-state index >= 15 is 0 Å². The molecule has 6 nitrogen and oxygen atoms in total. The molecule has 7 heteroatoms. The van der Waals surface area contributed by atoms with Gasteiger partial charge in [0.05, 0.1) is 18.4 Å². The van der Waals surface area contributed by atoms with E-state index in [1.165, 1.54) is 36.7 Å². The average molecular weight is 301 g/mol. The highest BCUT2D eigenvalue weighted by Gasteiger charge is 2.26. The van der Waals surface area contributed by atoms with Gasteiger partial charge in [-0.15, -0.1) is 0 Å². The van der Waals surface area contributed by atoms with Crippen LogP contribution in [0.4, 0.5) is 0 Å². The van der Waals surface area contributed by atoms with Gasteiger partial charge in [-0.3, -0.25) is 4.79 Å². The summed E-state index contributed by atoms with van der Waals surface area (Å²) in [6, 6.07) is 4.10. The van der Waals surface area contributed by atoms with Crippen molar-refractivity contribution in [2.24, 2.45) is 0 Å². The summed E-state index contributed by atoms with van der Waals surface area (Å²) in [6.45, 7) is 3.50. The van der Waals surface area contributed by atoms with Gasteiger partial charge in [0.2, 0.25) is 10.0 Å². The van der Waals surface area contributed by atoms with Gasteiger partial charge in [0.1, 0.15) is 5.75 Å². The van der Waals surface area contributed by atoms with Gasteiger partial charge >= 0.3 is 5.97 Å². The third-order valence-corrected chi connectivity index (χ3v) is 5.13. The first-order valence-electron chi connectivity index (χ1n) is 6.07. The number of sulfonamides is 1. The molecule has 1 rings (SSSR count). The van der Waals surface area contributed by atoms with Crippen molar-refractivity contribution in [2.75, 3.05) is 14.2 Å². The zero-order valence-corrected chi connectivity index (χ0v) is 12.8. The van der Waals surface area contributed by atoms with Gasteiger partial charge in [-0.25, -0.2) is 8.42 Å². The molecule has 0 radical (unpaired) electrons. The van der Waals surface area contributed by atoms with E-state index in [2.05, 4.69) is 0 Å². The molecule has 0 aliphatic heterocycles. The van der Waals surface area contributed by atoms with Crippen molar-refractivity contribution in [1.29, 1.82) is 0 Å². The van der Waals surface area contributed by atoms with Crippen molar-refractivity contribution in [3.8, 4) is 5.75 Å². The molecule has 1 N–H and O–H groups in total. The first-order chi connectivity index (χ1) is 9.20. The van der Waals surface area contributed by atoms with E-state index in [0.717, 1.165) is 0 Å². The summed E-state index contributed by atoms with van der Waals surface area (Å²) in [5, 5.41) is 8.92. The Balaban J connectivity index is 3.40. The van der Waals surface area contributed by atoms with Crippen LogP contribution in [0.5, 0.6) is 5.75 Å². The molecule has 1 aromatic carbocycles. The average Bonchev–Trinajstić information content (AvgIpc) is 2.36. The third kappa shape index (κ3) is 3.49. The van der Waals surface area contributed by atoms with E-state index in [4.69, 9.17) is 9.84 Å². The predicted octanol–water partition coefficient (Wildman–Crippen LogP) is 1.35. The van der Waals surface area contributed by atoms with Crippen molar-refractivity contribution >= 4 is 16.0 Å². The van der Waals surface area contributed by atoms with Crippen molar-refractivity contribution in [3.05, 3.63) is 23.8 Å². The molecule has 0 fully saturated rings. The van der Waals surface area contributed by atoms with Gasteiger partial charge in [0.25, 0.3) is 0 Å². The summed E-state index contributed by atoms with van der Waals surface area (Å²) in [7, 11) is -0.819. The minimum Gasteiger partial charge on any atom is -0.497 e. The Morgan fingerprint density at radius 2 is 2.00 bits per heavy atom. The van der Waals surface area contributed by atoms with E-state index in [9.17, 15) is 13.2 Å². The Morgan fingerprint density at radius 1 is 1.40 bits per heavy atom. The molecule has 0 amide bonds. The number of hydrogen-bond donors (Lipinski definition) is 1. The Bertz CT molecular complexity index is 595. The number of benzene rings is 1. The van der Waals surface area contributed by atoms with Crippen LogP contribution >= 0.6 is 0 Å². The van der Waals surface area contributed by atoms with Crippen LogP contribution in [0, 0.1) is 0 Å². The maximum absolute atomic E-state index is 12.5. The first kappa shape index (κ1) is 16.5. The quantitative estimate of drug-likeness (QED) is 0.857. The van der Waals surface area contributed by atoms with Crippen LogP contribution in [0.1, 0.15) is 19.4 Å². The largest absolute Gasteiger partial charge is 0.497 e. The van der Waals surface area contributed by atoms with E-state index in [-0.39, 0.29) is 22.9 Å². The highest BCUT2D eigenvalue weighted by Crippen LogP contribution is 2.25. The number of aliphatic carboxylic acids is 1. The maximum Gasteiger partial charge on any atom is 0.307 e. The Labute approximate surface area is 119 Å². The molecule has 0 aromatic heterocycles. The minimum absolute atomic E-state index is 0.00287.